The molecule has 5 nitrogen and oxygen atoms in total. The van der Waals surface area contributed by atoms with Gasteiger partial charge in [0.25, 0.3) is 5.91 Å². The molecule has 0 bridgehead atoms. The highest BCUT2D eigenvalue weighted by molar-refractivity contribution is 7.15. The van der Waals surface area contributed by atoms with Crippen molar-refractivity contribution >= 4 is 33.8 Å². The zero-order valence-electron chi connectivity index (χ0n) is 14.3. The monoisotopic (exact) mass is 389 g/mol. The number of nitrogens with one attached hydrogen (secondary N) is 1. The second kappa shape index (κ2) is 7.78. The van der Waals surface area contributed by atoms with E-state index in [0.29, 0.717) is 17.3 Å². The third-order valence-electron chi connectivity index (χ3n) is 4.61. The van der Waals surface area contributed by atoms with Gasteiger partial charge in [-0.2, -0.15) is 0 Å². The fraction of sp³-hybridized carbons (Fsp3) is 0.368. The van der Waals surface area contributed by atoms with Crippen LogP contribution in [0.1, 0.15) is 36.2 Å². The third kappa shape index (κ3) is 3.77. The number of amides is 1. The maximum absolute atomic E-state index is 12.5. The first-order chi connectivity index (χ1) is 12.7. The molecule has 4 rings (SSSR count). The Kier molecular flexibility index (Phi) is 5.24. The highest BCUT2D eigenvalue weighted by Crippen LogP contribution is 2.25. The van der Waals surface area contributed by atoms with Crippen molar-refractivity contribution in [1.82, 2.24) is 14.7 Å². The van der Waals surface area contributed by atoms with Gasteiger partial charge in [-0.3, -0.25) is 9.20 Å². The number of hydrogen-bond acceptors (Lipinski definition) is 4. The SMILES string of the molecule is O=C(NCCC1CCCCO1)c1csc2nc(-c3ccc(Cl)cc3)cn12. The number of halogens is 1. The molecule has 1 saturated heterocycles. The standard InChI is InChI=1S/C19H20ClN3O2S/c20-14-6-4-13(5-7-14)16-11-23-17(12-26-19(23)22-16)18(24)21-9-8-15-3-1-2-10-25-15/h4-7,11-12,15H,1-3,8-10H2,(H,21,24). The minimum atomic E-state index is -0.0767. The van der Waals surface area contributed by atoms with Crippen LogP contribution < -0.4 is 5.32 Å². The normalized spacial score (nSPS) is 17.5. The number of ether oxygens (including phenoxy) is 1. The molecule has 0 aliphatic carbocycles. The third-order valence-corrected chi connectivity index (χ3v) is 5.70. The molecule has 2 aromatic heterocycles. The fourth-order valence-corrected chi connectivity index (χ4v) is 4.16. The van der Waals surface area contributed by atoms with Gasteiger partial charge in [0.05, 0.1) is 11.8 Å². The van der Waals surface area contributed by atoms with Crippen molar-refractivity contribution in [3.63, 3.8) is 0 Å². The van der Waals surface area contributed by atoms with Crippen LogP contribution in [0.3, 0.4) is 0 Å². The average Bonchev–Trinajstić information content (AvgIpc) is 3.24. The van der Waals surface area contributed by atoms with Gasteiger partial charge in [0.1, 0.15) is 5.69 Å². The lowest BCUT2D eigenvalue weighted by Crippen LogP contribution is -2.30. The van der Waals surface area contributed by atoms with Crippen LogP contribution in [0.4, 0.5) is 0 Å². The Hall–Kier alpha value is -1.89. The number of carbonyl (C=O) groups is 1. The molecule has 1 unspecified atom stereocenters. The quantitative estimate of drug-likeness (QED) is 0.703. The average molecular weight is 390 g/mol. The number of hydrogen-bond donors (Lipinski definition) is 1. The molecule has 3 heterocycles. The van der Waals surface area contributed by atoms with E-state index in [4.69, 9.17) is 16.3 Å². The summed E-state index contributed by atoms with van der Waals surface area (Å²) < 4.78 is 7.56. The van der Waals surface area contributed by atoms with Crippen LogP contribution in [0.5, 0.6) is 0 Å². The van der Waals surface area contributed by atoms with E-state index in [1.54, 1.807) is 0 Å². The van der Waals surface area contributed by atoms with E-state index in [1.165, 1.54) is 17.8 Å². The van der Waals surface area contributed by atoms with Crippen molar-refractivity contribution in [3.8, 4) is 11.3 Å². The van der Waals surface area contributed by atoms with Crippen LogP contribution >= 0.6 is 22.9 Å². The lowest BCUT2D eigenvalue weighted by Gasteiger charge is -2.22. The minimum Gasteiger partial charge on any atom is -0.378 e. The van der Waals surface area contributed by atoms with Crippen LogP contribution in [0.2, 0.25) is 5.02 Å². The maximum atomic E-state index is 12.5. The summed E-state index contributed by atoms with van der Waals surface area (Å²) in [7, 11) is 0. The number of imidazole rings is 1. The van der Waals surface area contributed by atoms with Gasteiger partial charge >= 0.3 is 0 Å². The van der Waals surface area contributed by atoms with Gasteiger partial charge in [0, 0.05) is 35.3 Å². The number of fused-ring (bicyclic) bond motifs is 1. The molecule has 26 heavy (non-hydrogen) atoms. The molecule has 0 spiro atoms. The molecule has 1 aliphatic heterocycles. The topological polar surface area (TPSA) is 55.6 Å². The molecule has 1 fully saturated rings. The number of nitrogens with zero attached hydrogens (tertiary/aromatic N) is 2. The zero-order valence-corrected chi connectivity index (χ0v) is 15.9. The highest BCUT2D eigenvalue weighted by atomic mass is 35.5. The molecule has 1 amide bonds. The van der Waals surface area contributed by atoms with E-state index < -0.39 is 0 Å². The Morgan fingerprint density at radius 3 is 2.96 bits per heavy atom. The molecule has 1 aromatic carbocycles. The van der Waals surface area contributed by atoms with Crippen LogP contribution in [-0.2, 0) is 4.74 Å². The lowest BCUT2D eigenvalue weighted by atomic mass is 10.1. The molecule has 3 aromatic rings. The summed E-state index contributed by atoms with van der Waals surface area (Å²) in [5, 5.41) is 5.54. The first-order valence-corrected chi connectivity index (χ1v) is 10.1. The number of carbonyl (C=O) groups excluding carboxylic acids is 1. The molecule has 1 N–H and O–H groups in total. The van der Waals surface area contributed by atoms with Gasteiger partial charge in [0.15, 0.2) is 4.96 Å². The lowest BCUT2D eigenvalue weighted by molar-refractivity contribution is 0.0117. The van der Waals surface area contributed by atoms with Crippen LogP contribution in [0, 0.1) is 0 Å². The summed E-state index contributed by atoms with van der Waals surface area (Å²) >= 11 is 7.41. The summed E-state index contributed by atoms with van der Waals surface area (Å²) in [4.78, 5) is 17.9. The van der Waals surface area contributed by atoms with Gasteiger partial charge < -0.3 is 10.1 Å². The van der Waals surface area contributed by atoms with Crippen molar-refractivity contribution in [2.24, 2.45) is 0 Å². The maximum Gasteiger partial charge on any atom is 0.269 e. The first-order valence-electron chi connectivity index (χ1n) is 8.83. The van der Waals surface area contributed by atoms with Crippen LogP contribution in [0.25, 0.3) is 16.2 Å². The predicted molar refractivity (Wildman–Crippen MR) is 104 cm³/mol. The number of rotatable bonds is 5. The van der Waals surface area contributed by atoms with E-state index in [9.17, 15) is 4.79 Å². The molecule has 7 heteroatoms. The van der Waals surface area contributed by atoms with E-state index in [0.717, 1.165) is 42.1 Å². The fourth-order valence-electron chi connectivity index (χ4n) is 3.18. The Morgan fingerprint density at radius 2 is 2.19 bits per heavy atom. The van der Waals surface area contributed by atoms with Gasteiger partial charge in [0.2, 0.25) is 0 Å². The second-order valence-corrected chi connectivity index (χ2v) is 7.71. The Labute approximate surface area is 161 Å². The van der Waals surface area contributed by atoms with Crippen molar-refractivity contribution in [3.05, 3.63) is 46.6 Å². The van der Waals surface area contributed by atoms with Crippen molar-refractivity contribution in [2.75, 3.05) is 13.2 Å². The molecule has 1 aliphatic rings. The Morgan fingerprint density at radius 1 is 1.35 bits per heavy atom. The Bertz CT molecular complexity index is 897. The Balaban J connectivity index is 1.44. The van der Waals surface area contributed by atoms with Crippen molar-refractivity contribution in [2.45, 2.75) is 31.8 Å². The summed E-state index contributed by atoms with van der Waals surface area (Å²) in [5.41, 5.74) is 2.42. The van der Waals surface area contributed by atoms with E-state index in [1.807, 2.05) is 40.2 Å². The zero-order chi connectivity index (χ0) is 17.9. The first kappa shape index (κ1) is 17.5. The number of aromatic nitrogens is 2. The minimum absolute atomic E-state index is 0.0767. The predicted octanol–water partition coefficient (Wildman–Crippen LogP) is 4.41. The summed E-state index contributed by atoms with van der Waals surface area (Å²) in [6, 6.07) is 7.54. The molecular formula is C19H20ClN3O2S. The van der Waals surface area contributed by atoms with Crippen molar-refractivity contribution in [1.29, 1.82) is 0 Å². The van der Waals surface area contributed by atoms with Gasteiger partial charge in [-0.05, 0) is 37.8 Å². The number of thiazole rings is 1. The summed E-state index contributed by atoms with van der Waals surface area (Å²) in [5.74, 6) is -0.0767. The van der Waals surface area contributed by atoms with E-state index in [2.05, 4.69) is 10.3 Å². The molecule has 136 valence electrons. The second-order valence-electron chi connectivity index (χ2n) is 6.44. The van der Waals surface area contributed by atoms with Gasteiger partial charge in [-0.15, -0.1) is 11.3 Å². The van der Waals surface area contributed by atoms with Gasteiger partial charge in [-0.1, -0.05) is 23.7 Å². The van der Waals surface area contributed by atoms with E-state index >= 15 is 0 Å². The molecule has 0 radical (unpaired) electrons. The highest BCUT2D eigenvalue weighted by Gasteiger charge is 2.17. The van der Waals surface area contributed by atoms with Crippen molar-refractivity contribution < 1.29 is 9.53 Å². The smallest absolute Gasteiger partial charge is 0.269 e. The van der Waals surface area contributed by atoms with Crippen LogP contribution in [-0.4, -0.2) is 34.5 Å². The van der Waals surface area contributed by atoms with Gasteiger partial charge in [-0.25, -0.2) is 4.98 Å². The largest absolute Gasteiger partial charge is 0.378 e. The molecule has 0 saturated carbocycles. The summed E-state index contributed by atoms with van der Waals surface area (Å²) in [6.45, 7) is 1.46. The van der Waals surface area contributed by atoms with E-state index in [-0.39, 0.29) is 12.0 Å². The molecule has 1 atom stereocenters. The molecular weight excluding hydrogens is 370 g/mol. The summed E-state index contributed by atoms with van der Waals surface area (Å²) in [6.07, 6.45) is 6.48. The number of benzene rings is 1. The van der Waals surface area contributed by atoms with Crippen LogP contribution in [0.15, 0.2) is 35.8 Å².